The fraction of sp³-hybridized carbons (Fsp3) is 0.407. The van der Waals surface area contributed by atoms with Crippen LogP contribution in [0.5, 0.6) is 0 Å². The van der Waals surface area contributed by atoms with Crippen molar-refractivity contribution in [2.45, 2.75) is 64.5 Å². The molecule has 34 heavy (non-hydrogen) atoms. The fourth-order valence-corrected chi connectivity index (χ4v) is 5.39. The van der Waals surface area contributed by atoms with Gasteiger partial charge in [-0.2, -0.15) is 0 Å². The maximum Gasteiger partial charge on any atom is 0.326 e. The predicted octanol–water partition coefficient (Wildman–Crippen LogP) is 5.81. The first-order valence-electron chi connectivity index (χ1n) is 11.9. The van der Waals surface area contributed by atoms with Crippen LogP contribution in [-0.2, 0) is 28.9 Å². The van der Waals surface area contributed by atoms with Gasteiger partial charge in [0, 0.05) is 34.2 Å². The summed E-state index contributed by atoms with van der Waals surface area (Å²) >= 11 is 5.98. The number of benzene rings is 2. The van der Waals surface area contributed by atoms with Crippen LogP contribution in [0.15, 0.2) is 42.5 Å². The molecule has 180 valence electrons. The number of amides is 1. The Balaban J connectivity index is 1.69. The molecular formula is C27H30ClFN2O3. The van der Waals surface area contributed by atoms with E-state index in [1.807, 2.05) is 28.5 Å². The van der Waals surface area contributed by atoms with E-state index in [-0.39, 0.29) is 17.8 Å². The zero-order chi connectivity index (χ0) is 24.4. The van der Waals surface area contributed by atoms with Crippen molar-refractivity contribution in [3.63, 3.8) is 0 Å². The lowest BCUT2D eigenvalue weighted by molar-refractivity contribution is -0.141. The van der Waals surface area contributed by atoms with Gasteiger partial charge in [0.2, 0.25) is 5.91 Å². The molecule has 2 atom stereocenters. The van der Waals surface area contributed by atoms with Crippen LogP contribution >= 0.6 is 11.6 Å². The van der Waals surface area contributed by atoms with E-state index in [4.69, 9.17) is 11.6 Å². The normalized spacial score (nSPS) is 16.3. The van der Waals surface area contributed by atoms with Crippen molar-refractivity contribution in [1.29, 1.82) is 0 Å². The summed E-state index contributed by atoms with van der Waals surface area (Å²) in [5, 5.41) is 11.2. The van der Waals surface area contributed by atoms with Gasteiger partial charge in [-0.05, 0) is 73.6 Å². The number of carboxylic acids is 1. The average molecular weight is 485 g/mol. The van der Waals surface area contributed by atoms with Crippen molar-refractivity contribution in [3.05, 3.63) is 70.1 Å². The van der Waals surface area contributed by atoms with Crippen LogP contribution in [0.4, 0.5) is 4.39 Å². The van der Waals surface area contributed by atoms with Gasteiger partial charge in [0.15, 0.2) is 0 Å². The summed E-state index contributed by atoms with van der Waals surface area (Å²) in [6, 6.07) is 11.2. The summed E-state index contributed by atoms with van der Waals surface area (Å²) in [4.78, 5) is 27.3. The highest BCUT2D eigenvalue weighted by Gasteiger charge is 2.33. The molecule has 0 saturated carbocycles. The topological polar surface area (TPSA) is 62.5 Å². The van der Waals surface area contributed by atoms with E-state index in [0.717, 1.165) is 40.6 Å². The monoisotopic (exact) mass is 484 g/mol. The number of aliphatic carboxylic acids is 1. The van der Waals surface area contributed by atoms with Crippen LogP contribution in [0.25, 0.3) is 10.9 Å². The van der Waals surface area contributed by atoms with E-state index < -0.39 is 12.0 Å². The van der Waals surface area contributed by atoms with Gasteiger partial charge < -0.3 is 14.6 Å². The van der Waals surface area contributed by atoms with Crippen LogP contribution in [0, 0.1) is 5.82 Å². The molecule has 0 saturated heterocycles. The third-order valence-corrected chi connectivity index (χ3v) is 7.07. The molecule has 0 spiro atoms. The summed E-state index contributed by atoms with van der Waals surface area (Å²) in [7, 11) is 0. The molecule has 1 aromatic heterocycles. The van der Waals surface area contributed by atoms with Crippen molar-refractivity contribution in [1.82, 2.24) is 9.47 Å². The highest BCUT2D eigenvalue weighted by molar-refractivity contribution is 6.30. The Morgan fingerprint density at radius 2 is 1.94 bits per heavy atom. The van der Waals surface area contributed by atoms with Crippen LogP contribution in [-0.4, -0.2) is 39.0 Å². The molecule has 1 aliphatic rings. The van der Waals surface area contributed by atoms with E-state index in [0.29, 0.717) is 37.3 Å². The Morgan fingerprint density at radius 1 is 1.21 bits per heavy atom. The van der Waals surface area contributed by atoms with Crippen LogP contribution in [0.2, 0.25) is 5.02 Å². The zero-order valence-corrected chi connectivity index (χ0v) is 20.3. The second-order valence-electron chi connectivity index (χ2n) is 9.01. The quantitative estimate of drug-likeness (QED) is 0.439. The summed E-state index contributed by atoms with van der Waals surface area (Å²) in [5.41, 5.74) is 3.58. The second-order valence-corrected chi connectivity index (χ2v) is 9.44. The molecule has 7 heteroatoms. The van der Waals surface area contributed by atoms with E-state index in [1.54, 1.807) is 18.2 Å². The van der Waals surface area contributed by atoms with Crippen molar-refractivity contribution >= 4 is 34.4 Å². The van der Waals surface area contributed by atoms with Crippen LogP contribution in [0.3, 0.4) is 0 Å². The highest BCUT2D eigenvalue weighted by atomic mass is 35.5. The smallest absolute Gasteiger partial charge is 0.326 e. The standard InChI is InChI=1S/C27H30ClFN2O3/c1-3-13-30(26(32)14-17-5-7-18(28)8-6-17)20-10-12-25-22(16-20)21-15-19(29)9-11-24(21)31(25)23(4-2)27(33)34/h5-9,11,15,20,23H,3-4,10,12-14,16H2,1-2H3,(H,33,34). The summed E-state index contributed by atoms with van der Waals surface area (Å²) in [6.45, 7) is 4.55. The molecule has 1 aliphatic carbocycles. The molecule has 4 rings (SSSR count). The number of rotatable bonds is 8. The maximum atomic E-state index is 14.2. The molecule has 1 N–H and O–H groups in total. The number of hydrogen-bond acceptors (Lipinski definition) is 2. The largest absolute Gasteiger partial charge is 0.480 e. The summed E-state index contributed by atoms with van der Waals surface area (Å²) in [6.07, 6.45) is 3.55. The van der Waals surface area contributed by atoms with Crippen LogP contribution < -0.4 is 0 Å². The lowest BCUT2D eigenvalue weighted by Gasteiger charge is -2.35. The van der Waals surface area contributed by atoms with Gasteiger partial charge in [0.25, 0.3) is 0 Å². The van der Waals surface area contributed by atoms with Crippen molar-refractivity contribution in [2.24, 2.45) is 0 Å². The molecule has 3 aromatic rings. The third-order valence-electron chi connectivity index (χ3n) is 6.81. The summed E-state index contributed by atoms with van der Waals surface area (Å²) in [5.74, 6) is -1.17. The molecule has 1 heterocycles. The van der Waals surface area contributed by atoms with E-state index >= 15 is 0 Å². The lowest BCUT2D eigenvalue weighted by atomic mass is 9.89. The molecule has 0 fully saturated rings. The van der Waals surface area contributed by atoms with Gasteiger partial charge in [-0.25, -0.2) is 9.18 Å². The minimum Gasteiger partial charge on any atom is -0.480 e. The molecular weight excluding hydrogens is 455 g/mol. The number of hydrogen-bond donors (Lipinski definition) is 1. The number of carbonyl (C=O) groups excluding carboxylic acids is 1. The molecule has 0 radical (unpaired) electrons. The Hall–Kier alpha value is -2.86. The lowest BCUT2D eigenvalue weighted by Crippen LogP contribution is -2.44. The SMILES string of the molecule is CCCN(C(=O)Cc1ccc(Cl)cc1)C1CCc2c(c3cc(F)ccc3n2C(CC)C(=O)O)C1. The Kier molecular flexibility index (Phi) is 7.27. The highest BCUT2D eigenvalue weighted by Crippen LogP contribution is 2.37. The number of carbonyl (C=O) groups is 2. The first kappa shape index (κ1) is 24.3. The van der Waals surface area contributed by atoms with Crippen molar-refractivity contribution < 1.29 is 19.1 Å². The van der Waals surface area contributed by atoms with Gasteiger partial charge in [-0.15, -0.1) is 0 Å². The second kappa shape index (κ2) is 10.2. The Morgan fingerprint density at radius 3 is 2.59 bits per heavy atom. The maximum absolute atomic E-state index is 14.2. The molecule has 1 amide bonds. The third kappa shape index (κ3) is 4.69. The number of nitrogens with zero attached hydrogens (tertiary/aromatic N) is 2. The average Bonchev–Trinajstić information content (AvgIpc) is 3.12. The van der Waals surface area contributed by atoms with E-state index in [9.17, 15) is 19.1 Å². The fourth-order valence-electron chi connectivity index (χ4n) is 5.27. The minimum atomic E-state index is -0.889. The number of carboxylic acid groups (broad SMARTS) is 1. The van der Waals surface area contributed by atoms with Gasteiger partial charge >= 0.3 is 5.97 Å². The molecule has 0 aliphatic heterocycles. The number of halogens is 2. The van der Waals surface area contributed by atoms with Gasteiger partial charge in [0.1, 0.15) is 11.9 Å². The first-order valence-corrected chi connectivity index (χ1v) is 12.3. The van der Waals surface area contributed by atoms with Crippen molar-refractivity contribution in [2.75, 3.05) is 6.54 Å². The van der Waals surface area contributed by atoms with Crippen molar-refractivity contribution in [3.8, 4) is 0 Å². The molecule has 2 unspecified atom stereocenters. The molecule has 0 bridgehead atoms. The molecule has 5 nitrogen and oxygen atoms in total. The Bertz CT molecular complexity index is 1200. The van der Waals surface area contributed by atoms with E-state index in [1.165, 1.54) is 12.1 Å². The number of fused-ring (bicyclic) bond motifs is 3. The summed E-state index contributed by atoms with van der Waals surface area (Å²) < 4.78 is 16.1. The first-order chi connectivity index (χ1) is 16.3. The van der Waals surface area contributed by atoms with Crippen LogP contribution in [0.1, 0.15) is 56.0 Å². The Labute approximate surface area is 204 Å². The van der Waals surface area contributed by atoms with Gasteiger partial charge in [-0.1, -0.05) is 37.6 Å². The van der Waals surface area contributed by atoms with Gasteiger partial charge in [-0.3, -0.25) is 4.79 Å². The molecule has 2 aromatic carbocycles. The van der Waals surface area contributed by atoms with E-state index in [2.05, 4.69) is 6.92 Å². The van der Waals surface area contributed by atoms with Gasteiger partial charge in [0.05, 0.1) is 6.42 Å². The number of aromatic nitrogens is 1. The zero-order valence-electron chi connectivity index (χ0n) is 19.6. The minimum absolute atomic E-state index is 0.0144. The predicted molar refractivity (Wildman–Crippen MR) is 132 cm³/mol.